The molecule has 104 valence electrons. The zero-order chi connectivity index (χ0) is 13.9. The lowest BCUT2D eigenvalue weighted by molar-refractivity contribution is -0.139. The van der Waals surface area contributed by atoms with Gasteiger partial charge in [-0.25, -0.2) is 0 Å². The van der Waals surface area contributed by atoms with Gasteiger partial charge < -0.3 is 10.4 Å². The standard InChI is InChI=1S/C16H23NO2/c1-16(2,10-15(18)19)11-17-14-8-7-12-5-3-4-6-13(12)9-14/h7-9,17H,3-6,10-11H2,1-2H3,(H,18,19). The Morgan fingerprint density at radius 2 is 1.95 bits per heavy atom. The zero-order valence-electron chi connectivity index (χ0n) is 11.8. The predicted octanol–water partition coefficient (Wildman–Crippen LogP) is 3.48. The van der Waals surface area contributed by atoms with Crippen molar-refractivity contribution in [3.63, 3.8) is 0 Å². The molecule has 0 saturated carbocycles. The summed E-state index contributed by atoms with van der Waals surface area (Å²) in [5.41, 5.74) is 3.80. The van der Waals surface area contributed by atoms with E-state index >= 15 is 0 Å². The van der Waals surface area contributed by atoms with E-state index in [0.717, 1.165) is 5.69 Å². The Morgan fingerprint density at radius 3 is 2.63 bits per heavy atom. The van der Waals surface area contributed by atoms with Crippen LogP contribution in [-0.4, -0.2) is 17.6 Å². The second kappa shape index (κ2) is 5.64. The third kappa shape index (κ3) is 3.98. The van der Waals surface area contributed by atoms with Crippen LogP contribution < -0.4 is 5.32 Å². The zero-order valence-corrected chi connectivity index (χ0v) is 11.8. The average molecular weight is 261 g/mol. The largest absolute Gasteiger partial charge is 0.481 e. The number of carboxylic acid groups (broad SMARTS) is 1. The quantitative estimate of drug-likeness (QED) is 0.853. The molecule has 0 fully saturated rings. The number of fused-ring (bicyclic) bond motifs is 1. The summed E-state index contributed by atoms with van der Waals surface area (Å²) >= 11 is 0. The molecule has 0 atom stereocenters. The molecule has 3 heteroatoms. The van der Waals surface area contributed by atoms with Crippen molar-refractivity contribution in [1.82, 2.24) is 0 Å². The minimum absolute atomic E-state index is 0.185. The van der Waals surface area contributed by atoms with Crippen molar-refractivity contribution in [2.24, 2.45) is 5.41 Å². The highest BCUT2D eigenvalue weighted by molar-refractivity contribution is 5.67. The summed E-state index contributed by atoms with van der Waals surface area (Å²) in [6.45, 7) is 4.64. The SMILES string of the molecule is CC(C)(CNc1ccc2c(c1)CCCC2)CC(=O)O. The van der Waals surface area contributed by atoms with E-state index in [2.05, 4.69) is 23.5 Å². The number of carboxylic acids is 1. The molecule has 19 heavy (non-hydrogen) atoms. The third-order valence-corrected chi connectivity index (χ3v) is 3.75. The van der Waals surface area contributed by atoms with Crippen LogP contribution in [0.4, 0.5) is 5.69 Å². The number of benzene rings is 1. The van der Waals surface area contributed by atoms with Crippen molar-refractivity contribution in [1.29, 1.82) is 0 Å². The minimum atomic E-state index is -0.739. The highest BCUT2D eigenvalue weighted by Gasteiger charge is 2.21. The Kier molecular flexibility index (Phi) is 4.13. The first-order valence-corrected chi connectivity index (χ1v) is 7.04. The van der Waals surface area contributed by atoms with Gasteiger partial charge in [0.1, 0.15) is 0 Å². The van der Waals surface area contributed by atoms with Crippen molar-refractivity contribution in [3.05, 3.63) is 29.3 Å². The molecule has 1 aromatic carbocycles. The van der Waals surface area contributed by atoms with Gasteiger partial charge in [-0.05, 0) is 54.4 Å². The first kappa shape index (κ1) is 13.9. The fourth-order valence-electron chi connectivity index (χ4n) is 2.66. The van der Waals surface area contributed by atoms with Crippen molar-refractivity contribution in [3.8, 4) is 0 Å². The summed E-state index contributed by atoms with van der Waals surface area (Å²) in [6.07, 6.45) is 5.13. The Bertz CT molecular complexity index is 466. The Labute approximate surface area is 115 Å². The Balaban J connectivity index is 1.98. The van der Waals surface area contributed by atoms with E-state index in [4.69, 9.17) is 5.11 Å². The highest BCUT2D eigenvalue weighted by Crippen LogP contribution is 2.26. The van der Waals surface area contributed by atoms with Gasteiger partial charge in [-0.1, -0.05) is 19.9 Å². The summed E-state index contributed by atoms with van der Waals surface area (Å²) in [4.78, 5) is 10.8. The molecule has 0 spiro atoms. The molecule has 0 aliphatic heterocycles. The summed E-state index contributed by atoms with van der Waals surface area (Å²) in [6, 6.07) is 6.55. The number of anilines is 1. The van der Waals surface area contributed by atoms with Crippen molar-refractivity contribution in [2.45, 2.75) is 46.0 Å². The van der Waals surface area contributed by atoms with Crippen LogP contribution in [0.3, 0.4) is 0 Å². The maximum absolute atomic E-state index is 10.8. The third-order valence-electron chi connectivity index (χ3n) is 3.75. The second-order valence-corrected chi connectivity index (χ2v) is 6.28. The van der Waals surface area contributed by atoms with E-state index in [0.29, 0.717) is 6.54 Å². The van der Waals surface area contributed by atoms with E-state index in [1.807, 2.05) is 13.8 Å². The molecular formula is C16H23NO2. The van der Waals surface area contributed by atoms with Crippen molar-refractivity contribution < 1.29 is 9.90 Å². The van der Waals surface area contributed by atoms with E-state index in [1.165, 1.54) is 36.8 Å². The average Bonchev–Trinajstić information content (AvgIpc) is 2.35. The van der Waals surface area contributed by atoms with Crippen LogP contribution >= 0.6 is 0 Å². The molecule has 0 amide bonds. The van der Waals surface area contributed by atoms with Gasteiger partial charge in [0.25, 0.3) is 0 Å². The Hall–Kier alpha value is -1.51. The lowest BCUT2D eigenvalue weighted by Gasteiger charge is -2.24. The maximum Gasteiger partial charge on any atom is 0.303 e. The number of aliphatic carboxylic acids is 1. The molecule has 0 bridgehead atoms. The van der Waals surface area contributed by atoms with E-state index in [-0.39, 0.29) is 11.8 Å². The molecule has 0 unspecified atom stereocenters. The number of carbonyl (C=O) groups is 1. The smallest absolute Gasteiger partial charge is 0.303 e. The molecule has 0 radical (unpaired) electrons. The summed E-state index contributed by atoms with van der Waals surface area (Å²) in [7, 11) is 0. The second-order valence-electron chi connectivity index (χ2n) is 6.28. The molecule has 1 aromatic rings. The molecule has 1 aliphatic rings. The molecule has 1 aliphatic carbocycles. The minimum Gasteiger partial charge on any atom is -0.481 e. The molecule has 0 saturated heterocycles. The predicted molar refractivity (Wildman–Crippen MR) is 77.6 cm³/mol. The topological polar surface area (TPSA) is 49.3 Å². The van der Waals surface area contributed by atoms with E-state index < -0.39 is 5.97 Å². The number of rotatable bonds is 5. The van der Waals surface area contributed by atoms with Crippen molar-refractivity contribution in [2.75, 3.05) is 11.9 Å². The van der Waals surface area contributed by atoms with E-state index in [1.54, 1.807) is 0 Å². The lowest BCUT2D eigenvalue weighted by atomic mass is 9.88. The molecule has 2 rings (SSSR count). The van der Waals surface area contributed by atoms with Crippen molar-refractivity contribution >= 4 is 11.7 Å². The fraction of sp³-hybridized carbons (Fsp3) is 0.562. The maximum atomic E-state index is 10.8. The Morgan fingerprint density at radius 1 is 1.26 bits per heavy atom. The van der Waals surface area contributed by atoms with Gasteiger partial charge in [-0.3, -0.25) is 4.79 Å². The number of hydrogen-bond acceptors (Lipinski definition) is 2. The van der Waals surface area contributed by atoms with Gasteiger partial charge >= 0.3 is 5.97 Å². The first-order chi connectivity index (χ1) is 8.96. The van der Waals surface area contributed by atoms with Crippen LogP contribution in [0.15, 0.2) is 18.2 Å². The van der Waals surface area contributed by atoms with Crippen LogP contribution in [0.2, 0.25) is 0 Å². The first-order valence-electron chi connectivity index (χ1n) is 7.04. The summed E-state index contributed by atoms with van der Waals surface area (Å²) in [5.74, 6) is -0.739. The highest BCUT2D eigenvalue weighted by atomic mass is 16.4. The van der Waals surface area contributed by atoms with Crippen LogP contribution in [0.5, 0.6) is 0 Å². The fourth-order valence-corrected chi connectivity index (χ4v) is 2.66. The van der Waals surface area contributed by atoms with Gasteiger partial charge in [0.15, 0.2) is 0 Å². The normalized spacial score (nSPS) is 14.8. The van der Waals surface area contributed by atoms with Gasteiger partial charge in [-0.2, -0.15) is 0 Å². The van der Waals surface area contributed by atoms with Gasteiger partial charge in [0.05, 0.1) is 6.42 Å². The van der Waals surface area contributed by atoms with Gasteiger partial charge in [0.2, 0.25) is 0 Å². The molecule has 2 N–H and O–H groups in total. The van der Waals surface area contributed by atoms with E-state index in [9.17, 15) is 4.79 Å². The van der Waals surface area contributed by atoms with Gasteiger partial charge in [0, 0.05) is 12.2 Å². The molecule has 3 nitrogen and oxygen atoms in total. The van der Waals surface area contributed by atoms with Crippen LogP contribution in [0.1, 0.15) is 44.2 Å². The van der Waals surface area contributed by atoms with Gasteiger partial charge in [-0.15, -0.1) is 0 Å². The number of hydrogen-bond donors (Lipinski definition) is 2. The number of aryl methyl sites for hydroxylation is 2. The summed E-state index contributed by atoms with van der Waals surface area (Å²) in [5, 5.41) is 12.3. The van der Waals surface area contributed by atoms with Crippen LogP contribution in [0, 0.1) is 5.41 Å². The molecular weight excluding hydrogens is 238 g/mol. The van der Waals surface area contributed by atoms with Crippen LogP contribution in [0.25, 0.3) is 0 Å². The lowest BCUT2D eigenvalue weighted by Crippen LogP contribution is -2.26. The molecule has 0 heterocycles. The monoisotopic (exact) mass is 261 g/mol. The summed E-state index contributed by atoms with van der Waals surface area (Å²) < 4.78 is 0. The number of nitrogens with one attached hydrogen (secondary N) is 1. The molecule has 0 aromatic heterocycles. The van der Waals surface area contributed by atoms with Crippen LogP contribution in [-0.2, 0) is 17.6 Å².